The van der Waals surface area contributed by atoms with Crippen LogP contribution in [0.2, 0.25) is 0 Å². The SMILES string of the molecule is CN(C)S(=O)c1ccc2c(c1)NC(=O)CN(c1ccccc1N1CCCCC1)S2. The van der Waals surface area contributed by atoms with E-state index in [9.17, 15) is 9.00 Å². The smallest absolute Gasteiger partial charge is 0.245 e. The van der Waals surface area contributed by atoms with Gasteiger partial charge in [-0.2, -0.15) is 0 Å². The molecule has 0 saturated carbocycles. The largest absolute Gasteiger partial charge is 0.370 e. The Morgan fingerprint density at radius 2 is 1.76 bits per heavy atom. The van der Waals surface area contributed by atoms with Crippen LogP contribution in [-0.4, -0.2) is 48.2 Å². The van der Waals surface area contributed by atoms with E-state index in [1.54, 1.807) is 30.3 Å². The Hall–Kier alpha value is -2.03. The third kappa shape index (κ3) is 4.44. The molecule has 2 aromatic carbocycles. The van der Waals surface area contributed by atoms with E-state index < -0.39 is 11.0 Å². The summed E-state index contributed by atoms with van der Waals surface area (Å²) in [6, 6.07) is 13.9. The number of rotatable bonds is 4. The van der Waals surface area contributed by atoms with Gasteiger partial charge in [0, 0.05) is 13.1 Å². The van der Waals surface area contributed by atoms with Crippen molar-refractivity contribution in [2.75, 3.05) is 48.3 Å². The first-order chi connectivity index (χ1) is 14.0. The van der Waals surface area contributed by atoms with Crippen molar-refractivity contribution in [2.45, 2.75) is 29.1 Å². The van der Waals surface area contributed by atoms with E-state index in [1.165, 1.54) is 24.9 Å². The van der Waals surface area contributed by atoms with Crippen molar-refractivity contribution in [3.05, 3.63) is 42.5 Å². The number of carbonyl (C=O) groups is 1. The minimum absolute atomic E-state index is 0.0718. The molecule has 1 N–H and O–H groups in total. The van der Waals surface area contributed by atoms with Gasteiger partial charge in [-0.15, -0.1) is 0 Å². The van der Waals surface area contributed by atoms with E-state index in [0.29, 0.717) is 10.6 Å². The quantitative estimate of drug-likeness (QED) is 0.749. The second-order valence-electron chi connectivity index (χ2n) is 7.43. The Kier molecular flexibility index (Phi) is 6.12. The lowest BCUT2D eigenvalue weighted by molar-refractivity contribution is -0.114. The summed E-state index contributed by atoms with van der Waals surface area (Å²) >= 11 is 1.55. The summed E-state index contributed by atoms with van der Waals surface area (Å²) in [6.45, 7) is 2.37. The number of benzene rings is 2. The molecule has 0 spiro atoms. The van der Waals surface area contributed by atoms with Gasteiger partial charge in [0.05, 0.1) is 26.9 Å². The molecule has 8 heteroatoms. The molecule has 0 radical (unpaired) electrons. The average molecular weight is 431 g/mol. The number of hydrogen-bond donors (Lipinski definition) is 1. The second-order valence-corrected chi connectivity index (χ2v) is 10.2. The highest BCUT2D eigenvalue weighted by Crippen LogP contribution is 2.41. The van der Waals surface area contributed by atoms with Crippen molar-refractivity contribution < 1.29 is 9.00 Å². The Morgan fingerprint density at radius 3 is 2.48 bits per heavy atom. The molecule has 4 rings (SSSR count). The van der Waals surface area contributed by atoms with Crippen LogP contribution >= 0.6 is 11.9 Å². The molecule has 1 unspecified atom stereocenters. The molecule has 1 fully saturated rings. The van der Waals surface area contributed by atoms with Gasteiger partial charge in [0.25, 0.3) is 0 Å². The van der Waals surface area contributed by atoms with Gasteiger partial charge in [-0.25, -0.2) is 8.51 Å². The number of piperidine rings is 1. The van der Waals surface area contributed by atoms with E-state index in [2.05, 4.69) is 32.7 Å². The summed E-state index contributed by atoms with van der Waals surface area (Å²) in [5.74, 6) is -0.0718. The lowest BCUT2D eigenvalue weighted by Crippen LogP contribution is -2.32. The number of amides is 1. The van der Waals surface area contributed by atoms with Gasteiger partial charge in [-0.05, 0) is 75.6 Å². The molecule has 2 aromatic rings. The van der Waals surface area contributed by atoms with Gasteiger partial charge in [0.1, 0.15) is 17.5 Å². The van der Waals surface area contributed by atoms with Gasteiger partial charge < -0.3 is 14.5 Å². The molecule has 154 valence electrons. The minimum atomic E-state index is -1.25. The van der Waals surface area contributed by atoms with Crippen molar-refractivity contribution in [1.29, 1.82) is 0 Å². The van der Waals surface area contributed by atoms with Gasteiger partial charge in [-0.1, -0.05) is 12.1 Å². The number of hydrogen-bond acceptors (Lipinski definition) is 5. The fraction of sp³-hybridized carbons (Fsp3) is 0.381. The third-order valence-electron chi connectivity index (χ3n) is 5.10. The third-order valence-corrected chi connectivity index (χ3v) is 7.52. The number of anilines is 3. The number of nitrogens with zero attached hydrogens (tertiary/aromatic N) is 3. The van der Waals surface area contributed by atoms with Crippen LogP contribution in [0.15, 0.2) is 52.3 Å². The topological polar surface area (TPSA) is 55.9 Å². The van der Waals surface area contributed by atoms with Gasteiger partial charge >= 0.3 is 0 Å². The van der Waals surface area contributed by atoms with Crippen LogP contribution in [0.25, 0.3) is 0 Å². The summed E-state index contributed by atoms with van der Waals surface area (Å²) in [4.78, 5) is 16.7. The lowest BCUT2D eigenvalue weighted by atomic mass is 10.1. The Balaban J connectivity index is 1.66. The molecule has 2 aliphatic heterocycles. The number of para-hydroxylation sites is 2. The molecule has 1 saturated heterocycles. The molecule has 2 aliphatic rings. The van der Waals surface area contributed by atoms with Crippen molar-refractivity contribution >= 4 is 45.9 Å². The van der Waals surface area contributed by atoms with E-state index in [1.807, 2.05) is 24.3 Å². The summed E-state index contributed by atoms with van der Waals surface area (Å²) in [5.41, 5.74) is 2.95. The highest BCUT2D eigenvalue weighted by Gasteiger charge is 2.25. The lowest BCUT2D eigenvalue weighted by Gasteiger charge is -2.33. The molecule has 6 nitrogen and oxygen atoms in total. The minimum Gasteiger partial charge on any atom is -0.370 e. The summed E-state index contributed by atoms with van der Waals surface area (Å²) in [6.07, 6.45) is 3.69. The average Bonchev–Trinajstić information content (AvgIpc) is 2.91. The van der Waals surface area contributed by atoms with E-state index in [0.717, 1.165) is 23.7 Å². The van der Waals surface area contributed by atoms with Crippen LogP contribution < -0.4 is 14.5 Å². The van der Waals surface area contributed by atoms with Crippen LogP contribution in [0.5, 0.6) is 0 Å². The summed E-state index contributed by atoms with van der Waals surface area (Å²) < 4.78 is 16.1. The zero-order valence-electron chi connectivity index (χ0n) is 16.8. The first kappa shape index (κ1) is 20.3. The predicted molar refractivity (Wildman–Crippen MR) is 121 cm³/mol. The number of nitrogens with one attached hydrogen (secondary N) is 1. The van der Waals surface area contributed by atoms with Gasteiger partial charge in [0.15, 0.2) is 0 Å². The molecule has 0 aromatic heterocycles. The monoisotopic (exact) mass is 430 g/mol. The second kappa shape index (κ2) is 8.77. The fourth-order valence-corrected chi connectivity index (χ4v) is 5.52. The van der Waals surface area contributed by atoms with Crippen molar-refractivity contribution in [2.24, 2.45) is 0 Å². The highest BCUT2D eigenvalue weighted by atomic mass is 32.2. The van der Waals surface area contributed by atoms with E-state index >= 15 is 0 Å². The molecular formula is C21H26N4O2S2. The maximum atomic E-state index is 12.7. The standard InChI is InChI=1S/C21H26N4O2S2/c1-23(2)29(27)16-10-11-20-17(14-16)22-21(26)15-25(28-20)19-9-5-4-8-18(19)24-12-6-3-7-13-24/h4-5,8-11,14H,3,6-7,12-13,15H2,1-2H3,(H,22,26). The molecule has 1 amide bonds. The van der Waals surface area contributed by atoms with Crippen LogP contribution in [0.3, 0.4) is 0 Å². The van der Waals surface area contributed by atoms with Crippen molar-refractivity contribution in [1.82, 2.24) is 4.31 Å². The van der Waals surface area contributed by atoms with E-state index in [4.69, 9.17) is 0 Å². The fourth-order valence-electron chi connectivity index (χ4n) is 3.69. The van der Waals surface area contributed by atoms with Crippen molar-refractivity contribution in [3.63, 3.8) is 0 Å². The number of fused-ring (bicyclic) bond motifs is 1. The van der Waals surface area contributed by atoms with Crippen LogP contribution in [0, 0.1) is 0 Å². The maximum Gasteiger partial charge on any atom is 0.245 e. The van der Waals surface area contributed by atoms with E-state index in [-0.39, 0.29) is 12.5 Å². The Morgan fingerprint density at radius 1 is 1.03 bits per heavy atom. The molecule has 0 bridgehead atoms. The van der Waals surface area contributed by atoms with Crippen LogP contribution in [-0.2, 0) is 15.8 Å². The number of carbonyl (C=O) groups excluding carboxylic acids is 1. The van der Waals surface area contributed by atoms with Crippen LogP contribution in [0.1, 0.15) is 19.3 Å². The zero-order chi connectivity index (χ0) is 20.4. The Labute approximate surface area is 179 Å². The predicted octanol–water partition coefficient (Wildman–Crippen LogP) is 3.73. The van der Waals surface area contributed by atoms with Gasteiger partial charge in [0.2, 0.25) is 5.91 Å². The molecule has 1 atom stereocenters. The van der Waals surface area contributed by atoms with Crippen molar-refractivity contribution in [3.8, 4) is 0 Å². The zero-order valence-corrected chi connectivity index (χ0v) is 18.4. The summed E-state index contributed by atoms with van der Waals surface area (Å²) in [7, 11) is 2.29. The Bertz CT molecular complexity index is 929. The highest BCUT2D eigenvalue weighted by molar-refractivity contribution is 8.00. The first-order valence-electron chi connectivity index (χ1n) is 9.85. The van der Waals surface area contributed by atoms with Crippen LogP contribution in [0.4, 0.5) is 17.1 Å². The molecular weight excluding hydrogens is 404 g/mol. The van der Waals surface area contributed by atoms with Gasteiger partial charge in [-0.3, -0.25) is 4.79 Å². The first-order valence-corrected chi connectivity index (χ1v) is 11.7. The molecule has 2 heterocycles. The normalized spacial score (nSPS) is 18.2. The molecule has 0 aliphatic carbocycles. The maximum absolute atomic E-state index is 12.7. The summed E-state index contributed by atoms with van der Waals surface area (Å²) in [5, 5.41) is 2.99. The molecule has 29 heavy (non-hydrogen) atoms.